The van der Waals surface area contributed by atoms with Crippen molar-refractivity contribution in [1.82, 2.24) is 19.9 Å². The zero-order valence-electron chi connectivity index (χ0n) is 49.1. The van der Waals surface area contributed by atoms with E-state index in [9.17, 15) is 71.4 Å². The summed E-state index contributed by atoms with van der Waals surface area (Å²) in [6.07, 6.45) is 3.16. The maximum Gasteiger partial charge on any atom is 0.469 e. The second-order valence-electron chi connectivity index (χ2n) is 21.2. The first kappa shape index (κ1) is 72.3. The van der Waals surface area contributed by atoms with Crippen molar-refractivity contribution in [2.24, 2.45) is 17.8 Å². The number of carboxylic acid groups (broad SMARTS) is 1. The minimum absolute atomic E-state index is 0.131. The molecule has 92 heavy (non-hydrogen) atoms. The first-order chi connectivity index (χ1) is 43.1. The van der Waals surface area contributed by atoms with Gasteiger partial charge in [-0.25, -0.2) is 45.9 Å². The Labute approximate surface area is 531 Å². The Morgan fingerprint density at radius 2 is 1.05 bits per heavy atom. The summed E-state index contributed by atoms with van der Waals surface area (Å²) in [6.45, 7) is 8.08. The van der Waals surface area contributed by atoms with Gasteiger partial charge in [-0.2, -0.15) is 17.2 Å². The van der Waals surface area contributed by atoms with E-state index in [2.05, 4.69) is 34.4 Å². The summed E-state index contributed by atoms with van der Waals surface area (Å²) in [6, 6.07) is 44.7. The number of ether oxygens (including phenoxy) is 2. The number of carbonyl (C=O) groups is 5. The minimum Gasteiger partial charge on any atom is -0.515 e. The number of nitrogen functional groups attached to an aromatic ring is 1. The van der Waals surface area contributed by atoms with Gasteiger partial charge in [-0.1, -0.05) is 148 Å². The molecule has 11 rings (SSSR count). The summed E-state index contributed by atoms with van der Waals surface area (Å²) in [5, 5.41) is 7.06. The number of aromatic amines is 2. The van der Waals surface area contributed by atoms with Gasteiger partial charge >= 0.3 is 39.4 Å². The molecule has 2 heterocycles. The molecule has 0 saturated heterocycles. The maximum atomic E-state index is 14.0. The fourth-order valence-electron chi connectivity index (χ4n) is 8.96. The third-order valence-electron chi connectivity index (χ3n) is 13.3. The van der Waals surface area contributed by atoms with E-state index < -0.39 is 101 Å². The van der Waals surface area contributed by atoms with Crippen LogP contribution in [0.25, 0.3) is 28.1 Å². The number of halogens is 11. The molecule has 3 saturated carbocycles. The lowest BCUT2D eigenvalue weighted by atomic mass is 10.1. The number of nitrogens with one attached hydrogen (secondary N) is 3. The number of carboxylic acids is 1. The molecule has 6 unspecified atom stereocenters. The SMILES string of the molecule is CCOC(=O)/C=C/c1ccccc1.CCOC(=O)C1C(c2ccccc2)C1(F)F.C[Si](C)(C)OC(=O)C(F)(F)S(=O)(=O)F.Nc1nc2ccc(Cl)cc2[nH]1.O=C(Nc1nc2ccc(Cl)cc2[nH]1)C1C(c2ccccc2)C1(F)F.O=C(O)C1C(c2ccccc2)C1(F)F. The molecule has 6 N–H and O–H groups in total. The number of aliphatic carboxylic acids is 1. The number of esters is 2. The number of alkyl halides is 8. The number of anilines is 2. The van der Waals surface area contributed by atoms with Crippen molar-refractivity contribution >= 4 is 112 Å². The average molecular weight is 1370 g/mol. The van der Waals surface area contributed by atoms with Crippen molar-refractivity contribution in [3.8, 4) is 0 Å². The van der Waals surface area contributed by atoms with Gasteiger partial charge in [0, 0.05) is 16.1 Å². The number of imidazole rings is 2. The molecular weight excluding hydrogens is 1310 g/mol. The Balaban J connectivity index is 0.000000179. The molecule has 0 spiro atoms. The lowest BCUT2D eigenvalue weighted by Gasteiger charge is -2.19. The second-order valence-corrected chi connectivity index (χ2v) is 27.9. The molecule has 6 atom stereocenters. The maximum absolute atomic E-state index is 14.0. The van der Waals surface area contributed by atoms with E-state index >= 15 is 0 Å². The summed E-state index contributed by atoms with van der Waals surface area (Å²) in [5.41, 5.74) is 10.7. The van der Waals surface area contributed by atoms with Crippen molar-refractivity contribution in [3.63, 3.8) is 0 Å². The van der Waals surface area contributed by atoms with Crippen LogP contribution in [0.15, 0.2) is 164 Å². The topological polar surface area (TPSA) is 263 Å². The number of nitrogens with zero attached hydrogens (tertiary/aromatic N) is 2. The number of H-pyrrole nitrogens is 2. The molecule has 0 bridgehead atoms. The lowest BCUT2D eigenvalue weighted by Crippen LogP contribution is -2.42. The van der Waals surface area contributed by atoms with E-state index in [4.69, 9.17) is 38.8 Å². The van der Waals surface area contributed by atoms with Gasteiger partial charge < -0.3 is 34.7 Å². The van der Waals surface area contributed by atoms with Crippen molar-refractivity contribution in [2.45, 2.75) is 74.3 Å². The van der Waals surface area contributed by atoms with Gasteiger partial charge in [0.1, 0.15) is 17.8 Å². The smallest absolute Gasteiger partial charge is 0.469 e. The fourth-order valence-corrected chi connectivity index (χ4v) is 10.3. The van der Waals surface area contributed by atoms with Gasteiger partial charge in [0.25, 0.3) is 17.8 Å². The Bertz CT molecular complexity index is 4010. The van der Waals surface area contributed by atoms with Crippen LogP contribution in [0.5, 0.6) is 0 Å². The highest BCUT2D eigenvalue weighted by molar-refractivity contribution is 7.88. The first-order valence-corrected chi connectivity index (χ1v) is 33.1. The van der Waals surface area contributed by atoms with Crippen LogP contribution in [0.4, 0.5) is 50.9 Å². The van der Waals surface area contributed by atoms with Crippen LogP contribution in [-0.4, -0.2) is 108 Å². The molecule has 0 radical (unpaired) electrons. The van der Waals surface area contributed by atoms with E-state index in [-0.39, 0.29) is 18.5 Å². The van der Waals surface area contributed by atoms with Crippen LogP contribution in [0.2, 0.25) is 29.7 Å². The Morgan fingerprint density at radius 3 is 1.49 bits per heavy atom. The van der Waals surface area contributed by atoms with Crippen LogP contribution in [0, 0.1) is 17.8 Å². The third-order valence-corrected chi connectivity index (χ3v) is 15.4. The number of hydrogen-bond acceptors (Lipinski definition) is 13. The monoisotopic (exact) mass is 1360 g/mol. The molecule has 1 amide bonds. The first-order valence-electron chi connectivity index (χ1n) is 27.6. The van der Waals surface area contributed by atoms with Crippen LogP contribution >= 0.6 is 23.2 Å². The Morgan fingerprint density at radius 1 is 0.641 bits per heavy atom. The van der Waals surface area contributed by atoms with Crippen LogP contribution in [0.3, 0.4) is 0 Å². The van der Waals surface area contributed by atoms with Crippen molar-refractivity contribution in [2.75, 3.05) is 24.3 Å². The summed E-state index contributed by atoms with van der Waals surface area (Å²) >= 11 is 11.6. The van der Waals surface area contributed by atoms with Crippen molar-refractivity contribution < 1.29 is 90.4 Å². The normalized spacial score (nSPS) is 19.3. The molecule has 2 aromatic heterocycles. The van der Waals surface area contributed by atoms with E-state index in [1.807, 2.05) is 36.4 Å². The summed E-state index contributed by atoms with van der Waals surface area (Å²) in [7, 11) is -8.93. The third kappa shape index (κ3) is 18.9. The second kappa shape index (κ2) is 30.1. The lowest BCUT2D eigenvalue weighted by molar-refractivity contribution is -0.152. The number of hydrogen-bond donors (Lipinski definition) is 5. The number of aromatic nitrogens is 4. The zero-order chi connectivity index (χ0) is 68.1. The van der Waals surface area contributed by atoms with Gasteiger partial charge in [-0.15, -0.1) is 0 Å². The highest BCUT2D eigenvalue weighted by Gasteiger charge is 2.74. The molecule has 30 heteroatoms. The number of fused-ring (bicyclic) bond motifs is 2. The largest absolute Gasteiger partial charge is 0.515 e. The standard InChI is InChI=1S/C17H12ClF2N3O.C12H12F2O2.C11H12O2.C10H8F2O2.C7H6ClN3.C5H9F3O4SSi/c18-10-6-7-11-12(8-10)22-16(21-11)23-15(24)14-13(17(14,19)20)9-4-2-1-3-5-9;1-2-16-11(15)10-9(12(10,13)14)8-6-4-3-5-7-8;1-2-13-11(12)9-8-10-6-4-3-5-7-10;11-10(12)7(8(10)9(13)14)6-4-2-1-3-5-6;8-4-1-2-5-6(3-4)11-7(9)10-5;1-14(2,3)12-4(9)5(6,7)13(8,10)11/h1-8,13-14H,(H2,21,22,23,24);3-7,9-10H,2H2,1H3;3-9H,2H2,1H3;1-5,7-8H,(H,13,14);1-3H,(H3,9,10,11);1-3H3/b;;9-8+;;;. The van der Waals surface area contributed by atoms with Gasteiger partial charge in [0.2, 0.25) is 20.2 Å². The Hall–Kier alpha value is -8.73. The molecule has 6 aromatic carbocycles. The number of amides is 1. The van der Waals surface area contributed by atoms with Gasteiger partial charge in [0.05, 0.1) is 53.0 Å². The number of nitrogens with two attached hydrogens (primary N) is 1. The van der Waals surface area contributed by atoms with Crippen molar-refractivity contribution in [3.05, 3.63) is 196 Å². The molecule has 3 fully saturated rings. The molecule has 3 aliphatic rings. The van der Waals surface area contributed by atoms with Gasteiger partial charge in [-0.05, 0) is 98.2 Å². The van der Waals surface area contributed by atoms with Gasteiger partial charge in [0.15, 0.2) is 5.95 Å². The summed E-state index contributed by atoms with van der Waals surface area (Å²) in [4.78, 5) is 69.4. The minimum atomic E-state index is -6.26. The fraction of sp³-hybridized carbons (Fsp3) is 0.274. The quantitative estimate of drug-likeness (QED) is 0.0223. The predicted octanol–water partition coefficient (Wildman–Crippen LogP) is 14.2. The van der Waals surface area contributed by atoms with E-state index in [0.29, 0.717) is 50.3 Å². The predicted molar refractivity (Wildman–Crippen MR) is 329 cm³/mol. The summed E-state index contributed by atoms with van der Waals surface area (Å²) in [5.74, 6) is -21.7. The molecule has 8 aromatic rings. The molecule has 17 nitrogen and oxygen atoms in total. The Kier molecular flexibility index (Phi) is 23.7. The van der Waals surface area contributed by atoms with Crippen LogP contribution in [0.1, 0.15) is 53.9 Å². The number of carbonyl (C=O) groups excluding carboxylic acids is 4. The summed E-state index contributed by atoms with van der Waals surface area (Å²) < 4.78 is 151. The van der Waals surface area contributed by atoms with E-state index in [1.54, 1.807) is 129 Å². The number of rotatable bonds is 14. The number of benzene rings is 6. The highest BCUT2D eigenvalue weighted by atomic mass is 35.5. The van der Waals surface area contributed by atoms with E-state index in [1.165, 1.54) is 37.8 Å². The van der Waals surface area contributed by atoms with E-state index in [0.717, 1.165) is 16.6 Å². The van der Waals surface area contributed by atoms with Crippen LogP contribution < -0.4 is 11.1 Å². The molecular formula is C62H59Cl2F9N6O11SSi. The van der Waals surface area contributed by atoms with Crippen LogP contribution in [-0.2, 0) is 48.1 Å². The zero-order valence-corrected chi connectivity index (χ0v) is 52.4. The molecule has 490 valence electrons. The highest BCUT2D eigenvalue weighted by Crippen LogP contribution is 2.63. The average Bonchev–Trinajstić information content (AvgIpc) is 1.58. The molecule has 3 aliphatic carbocycles. The van der Waals surface area contributed by atoms with Crippen molar-refractivity contribution in [1.29, 1.82) is 0 Å². The molecule has 0 aliphatic heterocycles. The van der Waals surface area contributed by atoms with Gasteiger partial charge in [-0.3, -0.25) is 19.7 Å².